The molecule has 0 spiro atoms. The average molecular weight is 425 g/mol. The number of carbonyl (C=O) groups is 2. The van der Waals surface area contributed by atoms with Crippen LogP contribution >= 0.6 is 11.8 Å². The molecule has 0 N–H and O–H groups in total. The fourth-order valence-electron chi connectivity index (χ4n) is 4.33. The second-order valence-corrected chi connectivity index (χ2v) is 9.25. The predicted molar refractivity (Wildman–Crippen MR) is 120 cm³/mol. The van der Waals surface area contributed by atoms with Crippen LogP contribution in [0.4, 0.5) is 5.69 Å². The van der Waals surface area contributed by atoms with Gasteiger partial charge in [-0.25, -0.2) is 4.79 Å². The van der Waals surface area contributed by atoms with Crippen molar-refractivity contribution in [2.75, 3.05) is 38.2 Å². The lowest BCUT2D eigenvalue weighted by Crippen LogP contribution is -2.57. The Balaban J connectivity index is 1.68. The van der Waals surface area contributed by atoms with E-state index in [0.717, 1.165) is 35.8 Å². The summed E-state index contributed by atoms with van der Waals surface area (Å²) < 4.78 is 3.86. The number of amides is 1. The minimum atomic E-state index is -1.31. The molecule has 0 saturated carbocycles. The molecule has 6 heteroatoms. The van der Waals surface area contributed by atoms with Gasteiger partial charge in [-0.2, -0.15) is 0 Å². The number of ether oxygens (including phenoxy) is 1. The van der Waals surface area contributed by atoms with Crippen LogP contribution in [0.5, 0.6) is 0 Å². The number of thioether (sulfide) groups is 1. The number of para-hydroxylation sites is 1. The fraction of sp³-hybridized carbons (Fsp3) is 0.417. The van der Waals surface area contributed by atoms with Crippen molar-refractivity contribution < 1.29 is 14.3 Å². The van der Waals surface area contributed by atoms with Crippen molar-refractivity contribution in [2.45, 2.75) is 35.3 Å². The van der Waals surface area contributed by atoms with E-state index in [4.69, 9.17) is 4.74 Å². The van der Waals surface area contributed by atoms with Crippen molar-refractivity contribution in [3.05, 3.63) is 60.2 Å². The van der Waals surface area contributed by atoms with Gasteiger partial charge in [-0.05, 0) is 43.6 Å². The molecule has 1 fully saturated rings. The van der Waals surface area contributed by atoms with Gasteiger partial charge < -0.3 is 14.5 Å². The number of hydrogen-bond acceptors (Lipinski definition) is 5. The Kier molecular flexibility index (Phi) is 6.44. The van der Waals surface area contributed by atoms with Gasteiger partial charge in [-0.1, -0.05) is 60.6 Å². The number of rotatable bonds is 6. The average Bonchev–Trinajstić information content (AvgIpc) is 2.80. The molecule has 2 heterocycles. The third-order valence-electron chi connectivity index (χ3n) is 5.93. The van der Waals surface area contributed by atoms with Gasteiger partial charge >= 0.3 is 5.97 Å². The molecule has 0 aliphatic carbocycles. The lowest BCUT2D eigenvalue weighted by molar-refractivity contribution is -0.147. The molecule has 1 amide bonds. The number of methoxy groups -OCH3 is 1. The molecular weight excluding hydrogens is 396 g/mol. The maximum atomic E-state index is 13.9. The summed E-state index contributed by atoms with van der Waals surface area (Å²) in [6.45, 7) is 3.53. The predicted octanol–water partition coefficient (Wildman–Crippen LogP) is 3.77. The molecule has 1 atom stereocenters. The highest BCUT2D eigenvalue weighted by Gasteiger charge is 2.54. The molecule has 1 unspecified atom stereocenters. The van der Waals surface area contributed by atoms with Crippen LogP contribution in [0.1, 0.15) is 24.8 Å². The van der Waals surface area contributed by atoms with Gasteiger partial charge in [-0.15, -0.1) is 0 Å². The Hall–Kier alpha value is -2.31. The zero-order valence-electron chi connectivity index (χ0n) is 17.4. The third kappa shape index (κ3) is 4.12. The van der Waals surface area contributed by atoms with E-state index in [1.165, 1.54) is 38.1 Å². The van der Waals surface area contributed by atoms with Crippen molar-refractivity contribution in [3.8, 4) is 0 Å². The van der Waals surface area contributed by atoms with Crippen molar-refractivity contribution in [2.24, 2.45) is 0 Å². The van der Waals surface area contributed by atoms with Crippen molar-refractivity contribution in [1.82, 2.24) is 4.90 Å². The molecule has 30 heavy (non-hydrogen) atoms. The van der Waals surface area contributed by atoms with Gasteiger partial charge in [0.25, 0.3) is 5.91 Å². The van der Waals surface area contributed by atoms with Crippen LogP contribution in [0.25, 0.3) is 0 Å². The van der Waals surface area contributed by atoms with Gasteiger partial charge in [0.15, 0.2) is 0 Å². The van der Waals surface area contributed by atoms with Crippen molar-refractivity contribution >= 4 is 29.3 Å². The van der Waals surface area contributed by atoms with Crippen LogP contribution in [0.3, 0.4) is 0 Å². The number of carbonyl (C=O) groups excluding carboxylic acids is 2. The van der Waals surface area contributed by atoms with Crippen LogP contribution in [0.15, 0.2) is 59.5 Å². The smallest absolute Gasteiger partial charge is 0.332 e. The molecule has 2 aromatic carbocycles. The maximum Gasteiger partial charge on any atom is 0.332 e. The van der Waals surface area contributed by atoms with Crippen LogP contribution < -0.4 is 4.90 Å². The number of hydrogen-bond donors (Lipinski definition) is 0. The lowest BCUT2D eigenvalue weighted by atomic mass is 9.95. The summed E-state index contributed by atoms with van der Waals surface area (Å²) in [4.78, 5) is 32.1. The Bertz CT molecular complexity index is 898. The molecule has 158 valence electrons. The number of likely N-dealkylation sites (tertiary alicyclic amines) is 1. The molecule has 2 aromatic rings. The number of piperidine rings is 1. The Labute approximate surface area is 182 Å². The second-order valence-electron chi connectivity index (χ2n) is 7.91. The molecule has 4 rings (SSSR count). The monoisotopic (exact) mass is 424 g/mol. The largest absolute Gasteiger partial charge is 0.468 e. The van der Waals surface area contributed by atoms with E-state index in [9.17, 15) is 9.59 Å². The maximum absolute atomic E-state index is 13.9. The molecule has 0 bridgehead atoms. The Morgan fingerprint density at radius 2 is 1.70 bits per heavy atom. The first-order valence-electron chi connectivity index (χ1n) is 10.6. The number of esters is 1. The first kappa shape index (κ1) is 20.9. The highest BCUT2D eigenvalue weighted by molar-refractivity contribution is 8.02. The molecule has 5 nitrogen and oxygen atoms in total. The van der Waals surface area contributed by atoms with E-state index in [-0.39, 0.29) is 5.91 Å². The summed E-state index contributed by atoms with van der Waals surface area (Å²) in [5.74, 6) is -0.669. The fourth-order valence-corrected chi connectivity index (χ4v) is 5.74. The summed E-state index contributed by atoms with van der Waals surface area (Å²) in [5, 5.41) is 0. The van der Waals surface area contributed by atoms with Gasteiger partial charge in [0, 0.05) is 24.4 Å². The van der Waals surface area contributed by atoms with E-state index in [1.807, 2.05) is 54.6 Å². The standard InChI is InChI=1S/C24H28N2O3S/c1-29-23(28)24(18-19-10-4-2-5-11-19)22(27)26(17-16-25-14-8-3-9-15-25)20-12-6-7-13-21(20)30-24/h2,4-7,10-13H,3,8-9,14-18H2,1H3. The van der Waals surface area contributed by atoms with Gasteiger partial charge in [0.2, 0.25) is 4.75 Å². The highest BCUT2D eigenvalue weighted by Crippen LogP contribution is 2.47. The molecule has 1 saturated heterocycles. The number of benzene rings is 2. The van der Waals surface area contributed by atoms with Gasteiger partial charge in [0.1, 0.15) is 0 Å². The third-order valence-corrected chi connectivity index (χ3v) is 7.33. The normalized spacial score (nSPS) is 21.9. The van der Waals surface area contributed by atoms with E-state index in [0.29, 0.717) is 13.0 Å². The molecule has 0 aromatic heterocycles. The van der Waals surface area contributed by atoms with Crippen molar-refractivity contribution in [1.29, 1.82) is 0 Å². The van der Waals surface area contributed by atoms with Crippen LogP contribution in [0.2, 0.25) is 0 Å². The highest BCUT2D eigenvalue weighted by atomic mass is 32.2. The molecule has 0 radical (unpaired) electrons. The summed E-state index contributed by atoms with van der Waals surface area (Å²) in [7, 11) is 1.36. The molecule has 2 aliphatic rings. The van der Waals surface area contributed by atoms with Crippen molar-refractivity contribution in [3.63, 3.8) is 0 Å². The van der Waals surface area contributed by atoms with Crippen LogP contribution in [-0.4, -0.2) is 54.8 Å². The van der Waals surface area contributed by atoms with Crippen LogP contribution in [0, 0.1) is 0 Å². The lowest BCUT2D eigenvalue weighted by Gasteiger charge is -2.41. The molecular formula is C24H28N2O3S. The zero-order chi connectivity index (χ0) is 21.0. The van der Waals surface area contributed by atoms with Gasteiger partial charge in [-0.3, -0.25) is 4.79 Å². The zero-order valence-corrected chi connectivity index (χ0v) is 18.2. The second kappa shape index (κ2) is 9.23. The summed E-state index contributed by atoms with van der Waals surface area (Å²) in [6.07, 6.45) is 4.00. The summed E-state index contributed by atoms with van der Waals surface area (Å²) in [5.41, 5.74) is 1.83. The topological polar surface area (TPSA) is 49.9 Å². The summed E-state index contributed by atoms with van der Waals surface area (Å²) >= 11 is 1.33. The number of nitrogens with zero attached hydrogens (tertiary/aromatic N) is 2. The van der Waals surface area contributed by atoms with E-state index in [2.05, 4.69) is 4.90 Å². The van der Waals surface area contributed by atoms with Gasteiger partial charge in [0.05, 0.1) is 12.8 Å². The first-order valence-corrected chi connectivity index (χ1v) is 11.4. The van der Waals surface area contributed by atoms with E-state index in [1.54, 1.807) is 4.90 Å². The number of fused-ring (bicyclic) bond motifs is 1. The van der Waals surface area contributed by atoms with E-state index >= 15 is 0 Å². The SMILES string of the molecule is COC(=O)C1(Cc2ccccc2)Sc2ccccc2N(CCN2CCCCC2)C1=O. The first-order chi connectivity index (χ1) is 14.6. The number of anilines is 1. The quantitative estimate of drug-likeness (QED) is 0.522. The Morgan fingerprint density at radius 1 is 1.00 bits per heavy atom. The van der Waals surface area contributed by atoms with Crippen LogP contribution in [-0.2, 0) is 20.7 Å². The minimum Gasteiger partial charge on any atom is -0.468 e. The molecule has 2 aliphatic heterocycles. The minimum absolute atomic E-state index is 0.182. The Morgan fingerprint density at radius 3 is 2.43 bits per heavy atom. The van der Waals surface area contributed by atoms with E-state index < -0.39 is 10.7 Å². The summed E-state index contributed by atoms with van der Waals surface area (Å²) in [6, 6.07) is 17.6.